The molecule has 7 nitrogen and oxygen atoms in total. The molecule has 0 atom stereocenters. The summed E-state index contributed by atoms with van der Waals surface area (Å²) in [4.78, 5) is 20.5. The average molecular weight is 268 g/mol. The fourth-order valence-electron chi connectivity index (χ4n) is 1.74. The first-order chi connectivity index (χ1) is 8.99. The Morgan fingerprint density at radius 2 is 1.84 bits per heavy atom. The van der Waals surface area contributed by atoms with E-state index >= 15 is 0 Å². The molecule has 0 saturated heterocycles. The number of benzene rings is 1. The van der Waals surface area contributed by atoms with E-state index in [1.54, 1.807) is 0 Å². The fourth-order valence-corrected chi connectivity index (χ4v) is 1.74. The van der Waals surface area contributed by atoms with Crippen LogP contribution >= 0.6 is 0 Å². The lowest BCUT2D eigenvalue weighted by molar-refractivity contribution is -0.395. The third kappa shape index (κ3) is 3.64. The molecule has 0 aliphatic carbocycles. The number of rotatable bonds is 7. The van der Waals surface area contributed by atoms with Crippen molar-refractivity contribution in [1.82, 2.24) is 0 Å². The summed E-state index contributed by atoms with van der Waals surface area (Å²) in [6.45, 7) is 3.76. The van der Waals surface area contributed by atoms with E-state index in [4.69, 9.17) is 4.74 Å². The maximum Gasteiger partial charge on any atom is 0.320 e. The van der Waals surface area contributed by atoms with Gasteiger partial charge >= 0.3 is 5.69 Å². The van der Waals surface area contributed by atoms with Crippen LogP contribution < -0.4 is 4.74 Å². The van der Waals surface area contributed by atoms with Crippen LogP contribution in [-0.2, 0) is 0 Å². The monoisotopic (exact) mass is 268 g/mol. The van der Waals surface area contributed by atoms with Crippen molar-refractivity contribution in [3.8, 4) is 5.75 Å². The molecule has 0 bridgehead atoms. The van der Waals surface area contributed by atoms with Gasteiger partial charge in [0.15, 0.2) is 5.75 Å². The van der Waals surface area contributed by atoms with E-state index in [0.29, 0.717) is 6.61 Å². The summed E-state index contributed by atoms with van der Waals surface area (Å²) in [5.74, 6) is 0.0872. The number of nitro benzene ring substituents is 2. The first kappa shape index (κ1) is 14.9. The summed E-state index contributed by atoms with van der Waals surface area (Å²) < 4.78 is 5.35. The number of hydrogen-bond acceptors (Lipinski definition) is 5. The van der Waals surface area contributed by atoms with Crippen LogP contribution in [0.2, 0.25) is 0 Å². The Bertz CT molecular complexity index is 487. The van der Waals surface area contributed by atoms with Gasteiger partial charge in [0.05, 0.1) is 16.5 Å². The van der Waals surface area contributed by atoms with Crippen molar-refractivity contribution in [2.24, 2.45) is 0 Å². The Balaban J connectivity index is 3.01. The van der Waals surface area contributed by atoms with Gasteiger partial charge in [-0.25, -0.2) is 0 Å². The minimum atomic E-state index is -0.641. The first-order valence-corrected chi connectivity index (χ1v) is 6.04. The minimum Gasteiger partial charge on any atom is -0.487 e. The van der Waals surface area contributed by atoms with Crippen molar-refractivity contribution < 1.29 is 14.6 Å². The van der Waals surface area contributed by atoms with Crippen LogP contribution in [0, 0.1) is 27.2 Å². The lowest BCUT2D eigenvalue weighted by Gasteiger charge is -2.08. The topological polar surface area (TPSA) is 95.5 Å². The van der Waals surface area contributed by atoms with Crippen molar-refractivity contribution in [2.45, 2.75) is 33.1 Å². The lowest BCUT2D eigenvalue weighted by Crippen LogP contribution is -2.03. The van der Waals surface area contributed by atoms with Gasteiger partial charge in [-0.15, -0.1) is 0 Å². The molecule has 0 aliphatic rings. The smallest absolute Gasteiger partial charge is 0.320 e. The summed E-state index contributed by atoms with van der Waals surface area (Å²) in [7, 11) is 0. The van der Waals surface area contributed by atoms with Crippen molar-refractivity contribution in [2.75, 3.05) is 6.61 Å². The Morgan fingerprint density at radius 1 is 1.16 bits per heavy atom. The van der Waals surface area contributed by atoms with Gasteiger partial charge < -0.3 is 4.74 Å². The molecule has 7 heteroatoms. The second-order valence-electron chi connectivity index (χ2n) is 4.13. The maximum atomic E-state index is 11.0. The number of nitro groups is 2. The largest absolute Gasteiger partial charge is 0.487 e. The highest BCUT2D eigenvalue weighted by atomic mass is 16.6. The Morgan fingerprint density at radius 3 is 2.37 bits per heavy atom. The molecule has 0 fully saturated rings. The van der Waals surface area contributed by atoms with E-state index in [1.807, 2.05) is 6.92 Å². The van der Waals surface area contributed by atoms with Crippen LogP contribution in [0.1, 0.15) is 31.7 Å². The fraction of sp³-hybridized carbons (Fsp3) is 0.500. The van der Waals surface area contributed by atoms with Crippen molar-refractivity contribution in [3.63, 3.8) is 0 Å². The lowest BCUT2D eigenvalue weighted by atomic mass is 10.1. The number of ether oxygens (including phenoxy) is 1. The van der Waals surface area contributed by atoms with Crippen molar-refractivity contribution >= 4 is 11.4 Å². The molecule has 1 aromatic rings. The van der Waals surface area contributed by atoms with Gasteiger partial charge in [0.1, 0.15) is 5.56 Å². The molecule has 19 heavy (non-hydrogen) atoms. The third-order valence-electron chi connectivity index (χ3n) is 2.75. The zero-order chi connectivity index (χ0) is 14.4. The number of unbranched alkanes of at least 4 members (excludes halogenated alkanes) is 2. The molecule has 0 aromatic heterocycles. The molecule has 0 heterocycles. The average Bonchev–Trinajstić information content (AvgIpc) is 2.33. The molecule has 0 aliphatic heterocycles. The van der Waals surface area contributed by atoms with E-state index in [0.717, 1.165) is 19.3 Å². The summed E-state index contributed by atoms with van der Waals surface area (Å²) in [6.07, 6.45) is 2.79. The zero-order valence-corrected chi connectivity index (χ0v) is 10.9. The van der Waals surface area contributed by atoms with Gasteiger partial charge in [0.2, 0.25) is 0 Å². The SMILES string of the molecule is CCCCCOc1ccc([N+](=O)[O-])c(C)c1[N+](=O)[O-]. The Hall–Kier alpha value is -2.18. The molecule has 104 valence electrons. The zero-order valence-electron chi connectivity index (χ0n) is 10.9. The molecule has 0 radical (unpaired) electrons. The summed E-state index contributed by atoms with van der Waals surface area (Å²) in [5, 5.41) is 21.8. The molecule has 1 aromatic carbocycles. The minimum absolute atomic E-state index is 0.0167. The molecule has 1 rings (SSSR count). The third-order valence-corrected chi connectivity index (χ3v) is 2.75. The quantitative estimate of drug-likeness (QED) is 0.429. The van der Waals surface area contributed by atoms with Gasteiger partial charge in [0, 0.05) is 6.07 Å². The highest BCUT2D eigenvalue weighted by Gasteiger charge is 2.26. The molecule has 0 saturated carbocycles. The maximum absolute atomic E-state index is 11.0. The predicted octanol–water partition coefficient (Wildman–Crippen LogP) is 3.38. The predicted molar refractivity (Wildman–Crippen MR) is 69.5 cm³/mol. The first-order valence-electron chi connectivity index (χ1n) is 6.04. The van der Waals surface area contributed by atoms with Crippen molar-refractivity contribution in [3.05, 3.63) is 37.9 Å². The normalized spacial score (nSPS) is 10.2. The van der Waals surface area contributed by atoms with E-state index in [-0.39, 0.29) is 22.7 Å². The Kier molecular flexibility index (Phi) is 5.23. The van der Waals surface area contributed by atoms with E-state index in [9.17, 15) is 20.2 Å². The van der Waals surface area contributed by atoms with Gasteiger partial charge in [-0.1, -0.05) is 19.8 Å². The molecule has 0 amide bonds. The van der Waals surface area contributed by atoms with Crippen molar-refractivity contribution in [1.29, 1.82) is 0 Å². The summed E-state index contributed by atoms with van der Waals surface area (Å²) in [5.41, 5.74) is -0.582. The summed E-state index contributed by atoms with van der Waals surface area (Å²) >= 11 is 0. The van der Waals surface area contributed by atoms with Crippen LogP contribution in [-0.4, -0.2) is 16.5 Å². The molecule has 0 N–H and O–H groups in total. The van der Waals surface area contributed by atoms with E-state index in [1.165, 1.54) is 19.1 Å². The van der Waals surface area contributed by atoms with Gasteiger partial charge in [0.25, 0.3) is 5.69 Å². The van der Waals surface area contributed by atoms with Gasteiger partial charge in [-0.2, -0.15) is 0 Å². The highest BCUT2D eigenvalue weighted by molar-refractivity contribution is 5.61. The van der Waals surface area contributed by atoms with E-state index in [2.05, 4.69) is 0 Å². The van der Waals surface area contributed by atoms with Crippen LogP contribution in [0.3, 0.4) is 0 Å². The molecule has 0 spiro atoms. The molecular weight excluding hydrogens is 252 g/mol. The van der Waals surface area contributed by atoms with E-state index < -0.39 is 9.85 Å². The highest BCUT2D eigenvalue weighted by Crippen LogP contribution is 2.36. The van der Waals surface area contributed by atoms with Crippen LogP contribution in [0.5, 0.6) is 5.75 Å². The second kappa shape index (κ2) is 6.67. The standard InChI is InChI=1S/C12H16N2O5/c1-3-4-5-8-19-11-7-6-10(13(15)16)9(2)12(11)14(17)18/h6-7H,3-5,8H2,1-2H3. The van der Waals surface area contributed by atoms with Crippen LogP contribution in [0.4, 0.5) is 11.4 Å². The van der Waals surface area contributed by atoms with Gasteiger partial charge in [-0.3, -0.25) is 20.2 Å². The number of hydrogen-bond donors (Lipinski definition) is 0. The number of nitrogens with zero attached hydrogens (tertiary/aromatic N) is 2. The molecular formula is C12H16N2O5. The van der Waals surface area contributed by atoms with Gasteiger partial charge in [-0.05, 0) is 19.4 Å². The van der Waals surface area contributed by atoms with Crippen LogP contribution in [0.25, 0.3) is 0 Å². The van der Waals surface area contributed by atoms with Crippen LogP contribution in [0.15, 0.2) is 12.1 Å². The Labute approximate surface area is 110 Å². The summed E-state index contributed by atoms with van der Waals surface area (Å²) in [6, 6.07) is 2.52. The second-order valence-corrected chi connectivity index (χ2v) is 4.13. The molecule has 0 unspecified atom stereocenters.